The number of nitrogens with one attached hydrogen (secondary N) is 1. The van der Waals surface area contributed by atoms with Crippen molar-refractivity contribution in [2.75, 3.05) is 25.6 Å². The molecule has 0 atom stereocenters. The molecule has 0 saturated carbocycles. The van der Waals surface area contributed by atoms with Gasteiger partial charge < -0.3 is 14.8 Å². The first kappa shape index (κ1) is 19.4. The van der Waals surface area contributed by atoms with Crippen LogP contribution in [0.25, 0.3) is 0 Å². The molecule has 26 heavy (non-hydrogen) atoms. The fourth-order valence-electron chi connectivity index (χ4n) is 2.52. The third-order valence-electron chi connectivity index (χ3n) is 3.78. The number of carbonyl (C=O) groups is 1. The Labute approximate surface area is 151 Å². The second-order valence-corrected chi connectivity index (χ2v) is 5.82. The standard InChI is InChI=1S/C17H22N4O5/c1-11-5-6-14(15(9-11)26-8-7-25-4)18-16(22)10-20-13(3)17(21(23)24)12(2)19-20/h5-6,9H,7-8,10H2,1-4H3,(H,18,22). The molecule has 0 aliphatic carbocycles. The molecule has 140 valence electrons. The van der Waals surface area contributed by atoms with Crippen molar-refractivity contribution in [1.29, 1.82) is 0 Å². The van der Waals surface area contributed by atoms with Crippen LogP contribution < -0.4 is 10.1 Å². The number of benzene rings is 1. The maximum Gasteiger partial charge on any atom is 0.312 e. The third kappa shape index (κ3) is 4.57. The van der Waals surface area contributed by atoms with Crippen LogP contribution in [0.3, 0.4) is 0 Å². The number of carbonyl (C=O) groups excluding carboxylic acids is 1. The summed E-state index contributed by atoms with van der Waals surface area (Å²) in [5.41, 5.74) is 2.05. The molecular weight excluding hydrogens is 340 g/mol. The van der Waals surface area contributed by atoms with E-state index >= 15 is 0 Å². The highest BCUT2D eigenvalue weighted by molar-refractivity contribution is 5.92. The number of anilines is 1. The van der Waals surface area contributed by atoms with Crippen molar-refractivity contribution >= 4 is 17.3 Å². The molecule has 1 aromatic heterocycles. The molecule has 2 rings (SSSR count). The number of aromatic nitrogens is 2. The Morgan fingerprint density at radius 1 is 1.31 bits per heavy atom. The molecule has 1 heterocycles. The molecule has 1 aromatic carbocycles. The fraction of sp³-hybridized carbons (Fsp3) is 0.412. The fourth-order valence-corrected chi connectivity index (χ4v) is 2.52. The van der Waals surface area contributed by atoms with Gasteiger partial charge in [-0.3, -0.25) is 19.6 Å². The smallest absolute Gasteiger partial charge is 0.312 e. The molecule has 0 spiro atoms. The molecule has 2 aromatic rings. The Morgan fingerprint density at radius 3 is 2.65 bits per heavy atom. The van der Waals surface area contributed by atoms with Gasteiger partial charge in [0.2, 0.25) is 5.91 Å². The van der Waals surface area contributed by atoms with Crippen LogP contribution in [0, 0.1) is 30.9 Å². The zero-order valence-electron chi connectivity index (χ0n) is 15.2. The van der Waals surface area contributed by atoms with E-state index < -0.39 is 4.92 Å². The lowest BCUT2D eigenvalue weighted by Gasteiger charge is -2.13. The molecule has 0 radical (unpaired) electrons. The zero-order valence-corrected chi connectivity index (χ0v) is 15.2. The van der Waals surface area contributed by atoms with Gasteiger partial charge in [-0.2, -0.15) is 5.10 Å². The predicted molar refractivity (Wildman–Crippen MR) is 95.5 cm³/mol. The number of nitro groups is 1. The number of amides is 1. The predicted octanol–water partition coefficient (Wildman–Crippen LogP) is 2.38. The van der Waals surface area contributed by atoms with E-state index in [2.05, 4.69) is 10.4 Å². The molecule has 0 aliphatic heterocycles. The first-order valence-corrected chi connectivity index (χ1v) is 8.04. The van der Waals surface area contributed by atoms with E-state index in [1.165, 1.54) is 4.68 Å². The lowest BCUT2D eigenvalue weighted by molar-refractivity contribution is -0.386. The SMILES string of the molecule is COCCOc1cc(C)ccc1NC(=O)Cn1nc(C)c([N+](=O)[O-])c1C. The number of nitrogens with zero attached hydrogens (tertiary/aromatic N) is 3. The molecule has 0 bridgehead atoms. The highest BCUT2D eigenvalue weighted by Crippen LogP contribution is 2.26. The second-order valence-electron chi connectivity index (χ2n) is 5.82. The lowest BCUT2D eigenvalue weighted by Crippen LogP contribution is -2.21. The summed E-state index contributed by atoms with van der Waals surface area (Å²) in [5.74, 6) is 0.181. The van der Waals surface area contributed by atoms with Gasteiger partial charge in [0.1, 0.15) is 30.3 Å². The van der Waals surface area contributed by atoms with Crippen molar-refractivity contribution in [2.24, 2.45) is 0 Å². The van der Waals surface area contributed by atoms with Crippen molar-refractivity contribution in [1.82, 2.24) is 9.78 Å². The summed E-state index contributed by atoms with van der Waals surface area (Å²) in [4.78, 5) is 22.9. The van der Waals surface area contributed by atoms with Crippen LogP contribution >= 0.6 is 0 Å². The minimum absolute atomic E-state index is 0.0725. The summed E-state index contributed by atoms with van der Waals surface area (Å²) < 4.78 is 11.9. The van der Waals surface area contributed by atoms with Gasteiger partial charge in [0.25, 0.3) is 0 Å². The Morgan fingerprint density at radius 2 is 2.04 bits per heavy atom. The van der Waals surface area contributed by atoms with Gasteiger partial charge in [-0.1, -0.05) is 6.07 Å². The number of methoxy groups -OCH3 is 1. The summed E-state index contributed by atoms with van der Waals surface area (Å²) in [6.07, 6.45) is 0. The molecular formula is C17H22N4O5. The number of hydrogen-bond acceptors (Lipinski definition) is 6. The maximum atomic E-state index is 12.4. The van der Waals surface area contributed by atoms with E-state index in [0.29, 0.717) is 30.3 Å². The first-order valence-electron chi connectivity index (χ1n) is 8.04. The van der Waals surface area contributed by atoms with Crippen LogP contribution in [-0.2, 0) is 16.1 Å². The molecule has 9 heteroatoms. The summed E-state index contributed by atoms with van der Waals surface area (Å²) in [6.45, 7) is 5.68. The molecule has 0 fully saturated rings. The number of hydrogen-bond donors (Lipinski definition) is 1. The van der Waals surface area contributed by atoms with Crippen LogP contribution in [0.4, 0.5) is 11.4 Å². The van der Waals surface area contributed by atoms with Crippen LogP contribution in [0.5, 0.6) is 5.75 Å². The first-order chi connectivity index (χ1) is 12.3. The Hall–Kier alpha value is -2.94. The summed E-state index contributed by atoms with van der Waals surface area (Å²) in [5, 5.41) is 17.9. The average molecular weight is 362 g/mol. The normalized spacial score (nSPS) is 10.6. The summed E-state index contributed by atoms with van der Waals surface area (Å²) in [6, 6.07) is 5.42. The van der Waals surface area contributed by atoms with Crippen LogP contribution in [-0.4, -0.2) is 40.9 Å². The summed E-state index contributed by atoms with van der Waals surface area (Å²) >= 11 is 0. The van der Waals surface area contributed by atoms with E-state index in [9.17, 15) is 14.9 Å². The van der Waals surface area contributed by atoms with Crippen LogP contribution in [0.2, 0.25) is 0 Å². The molecule has 1 N–H and O–H groups in total. The molecule has 0 aliphatic rings. The van der Waals surface area contributed by atoms with Gasteiger partial charge in [0.05, 0.1) is 17.2 Å². The monoisotopic (exact) mass is 362 g/mol. The molecule has 0 saturated heterocycles. The van der Waals surface area contributed by atoms with Crippen LogP contribution in [0.1, 0.15) is 17.0 Å². The van der Waals surface area contributed by atoms with Gasteiger partial charge in [0.15, 0.2) is 0 Å². The minimum Gasteiger partial charge on any atom is -0.489 e. The van der Waals surface area contributed by atoms with Gasteiger partial charge in [-0.15, -0.1) is 0 Å². The quantitative estimate of drug-likeness (QED) is 0.439. The molecule has 0 unspecified atom stereocenters. The highest BCUT2D eigenvalue weighted by atomic mass is 16.6. The zero-order chi connectivity index (χ0) is 19.3. The number of rotatable bonds is 8. The van der Waals surface area contributed by atoms with Crippen molar-refractivity contribution in [2.45, 2.75) is 27.3 Å². The largest absolute Gasteiger partial charge is 0.489 e. The van der Waals surface area contributed by atoms with Crippen LogP contribution in [0.15, 0.2) is 18.2 Å². The van der Waals surface area contributed by atoms with Crippen molar-refractivity contribution in [3.05, 3.63) is 45.3 Å². The summed E-state index contributed by atoms with van der Waals surface area (Å²) in [7, 11) is 1.58. The van der Waals surface area contributed by atoms with E-state index in [4.69, 9.17) is 9.47 Å². The highest BCUT2D eigenvalue weighted by Gasteiger charge is 2.23. The number of aryl methyl sites for hydroxylation is 2. The Bertz CT molecular complexity index is 816. The molecule has 1 amide bonds. The van der Waals surface area contributed by atoms with Gasteiger partial charge in [-0.05, 0) is 38.5 Å². The van der Waals surface area contributed by atoms with Crippen molar-refractivity contribution < 1.29 is 19.2 Å². The maximum absolute atomic E-state index is 12.4. The average Bonchev–Trinajstić information content (AvgIpc) is 2.84. The van der Waals surface area contributed by atoms with Gasteiger partial charge >= 0.3 is 5.69 Å². The van der Waals surface area contributed by atoms with E-state index in [1.54, 1.807) is 27.0 Å². The molecule has 9 nitrogen and oxygen atoms in total. The van der Waals surface area contributed by atoms with Crippen molar-refractivity contribution in [3.63, 3.8) is 0 Å². The van der Waals surface area contributed by atoms with Gasteiger partial charge in [0, 0.05) is 7.11 Å². The third-order valence-corrected chi connectivity index (χ3v) is 3.78. The van der Waals surface area contributed by atoms with E-state index in [-0.39, 0.29) is 23.8 Å². The van der Waals surface area contributed by atoms with E-state index in [0.717, 1.165) is 5.56 Å². The second kappa shape index (κ2) is 8.43. The minimum atomic E-state index is -0.492. The van der Waals surface area contributed by atoms with E-state index in [1.807, 2.05) is 19.1 Å². The topological polar surface area (TPSA) is 109 Å². The van der Waals surface area contributed by atoms with Crippen molar-refractivity contribution in [3.8, 4) is 5.75 Å². The Balaban J connectivity index is 2.13. The lowest BCUT2D eigenvalue weighted by atomic mass is 10.2. The Kier molecular flexibility index (Phi) is 6.29. The number of ether oxygens (including phenoxy) is 2. The van der Waals surface area contributed by atoms with Gasteiger partial charge in [-0.25, -0.2) is 0 Å².